The van der Waals surface area contributed by atoms with Crippen LogP contribution in [0.2, 0.25) is 6.82 Å². The highest BCUT2D eigenvalue weighted by Crippen LogP contribution is 2.39. The first-order valence-electron chi connectivity index (χ1n) is 4.53. The van der Waals surface area contributed by atoms with E-state index >= 15 is 0 Å². The fourth-order valence-electron chi connectivity index (χ4n) is 1.94. The van der Waals surface area contributed by atoms with Gasteiger partial charge in [0.25, 0.3) is 0 Å². The molecule has 1 aliphatic heterocycles. The van der Waals surface area contributed by atoms with Gasteiger partial charge in [-0.25, -0.2) is 0 Å². The number of carbonyl (C=O) groups is 1. The second-order valence-corrected chi connectivity index (χ2v) is 5.47. The summed E-state index contributed by atoms with van der Waals surface area (Å²) < 4.78 is 0. The topological polar surface area (TPSA) is 40.5 Å². The average Bonchev–Trinajstić information content (AvgIpc) is 2.26. The number of rotatable bonds is 3. The van der Waals surface area contributed by atoms with Gasteiger partial charge in [-0.05, 0) is 20.7 Å². The minimum absolute atomic E-state index is 0.0537. The maximum Gasteiger partial charge on any atom is 0.377 e. The predicted octanol–water partition coefficient (Wildman–Crippen LogP) is 0.839. The van der Waals surface area contributed by atoms with E-state index in [1.807, 2.05) is 4.81 Å². The molecular formula is C8H16BNO2S. The zero-order valence-corrected chi connectivity index (χ0v) is 9.17. The van der Waals surface area contributed by atoms with Gasteiger partial charge < -0.3 is 14.6 Å². The lowest BCUT2D eigenvalue weighted by molar-refractivity contribution is -0.108. The van der Waals surface area contributed by atoms with Crippen molar-refractivity contribution in [2.24, 2.45) is 0 Å². The van der Waals surface area contributed by atoms with Gasteiger partial charge in [-0.3, -0.25) is 0 Å². The van der Waals surface area contributed by atoms with Gasteiger partial charge in [0.2, 0.25) is 0 Å². The fourth-order valence-corrected chi connectivity index (χ4v) is 3.29. The molecule has 0 aromatic heterocycles. The molecule has 1 saturated heterocycles. The summed E-state index contributed by atoms with van der Waals surface area (Å²) in [6.45, 7) is 5.91. The van der Waals surface area contributed by atoms with Crippen LogP contribution in [0.5, 0.6) is 0 Å². The first kappa shape index (κ1) is 11.1. The molecule has 0 spiro atoms. The van der Waals surface area contributed by atoms with Crippen LogP contribution in [-0.2, 0) is 4.79 Å². The standard InChI is InChI=1S/C8H16BNO2S/c1-8(2)10(9(3)12)7(4-5-11)6-13-8/h5,7,12H,4,6H2,1-3H3. The Kier molecular flexibility index (Phi) is 3.43. The first-order valence-corrected chi connectivity index (χ1v) is 5.51. The van der Waals surface area contributed by atoms with E-state index in [1.54, 1.807) is 18.6 Å². The van der Waals surface area contributed by atoms with Crippen molar-refractivity contribution in [1.82, 2.24) is 4.81 Å². The van der Waals surface area contributed by atoms with Crippen LogP contribution in [0.25, 0.3) is 0 Å². The van der Waals surface area contributed by atoms with E-state index in [2.05, 4.69) is 13.8 Å². The summed E-state index contributed by atoms with van der Waals surface area (Å²) in [5, 5.41) is 9.58. The van der Waals surface area contributed by atoms with Crippen LogP contribution in [0, 0.1) is 0 Å². The van der Waals surface area contributed by atoms with E-state index in [-0.39, 0.29) is 10.9 Å². The molecule has 0 bridgehead atoms. The molecule has 0 amide bonds. The lowest BCUT2D eigenvalue weighted by atomic mass is 9.81. The van der Waals surface area contributed by atoms with Crippen LogP contribution < -0.4 is 0 Å². The van der Waals surface area contributed by atoms with Gasteiger partial charge in [-0.1, -0.05) is 0 Å². The molecule has 74 valence electrons. The summed E-state index contributed by atoms with van der Waals surface area (Å²) in [6, 6.07) is 0.192. The van der Waals surface area contributed by atoms with Gasteiger partial charge in [0.15, 0.2) is 0 Å². The minimum atomic E-state index is -0.477. The summed E-state index contributed by atoms with van der Waals surface area (Å²) in [5.74, 6) is 0.927. The smallest absolute Gasteiger partial charge is 0.377 e. The van der Waals surface area contributed by atoms with Gasteiger partial charge >= 0.3 is 7.05 Å². The third kappa shape index (κ3) is 2.27. The Labute approximate surface area is 84.0 Å². The molecule has 3 nitrogen and oxygen atoms in total. The second-order valence-electron chi connectivity index (χ2n) is 3.85. The highest BCUT2D eigenvalue weighted by molar-refractivity contribution is 8.00. The van der Waals surface area contributed by atoms with Crippen LogP contribution in [0.15, 0.2) is 0 Å². The lowest BCUT2D eigenvalue weighted by Gasteiger charge is -2.35. The molecule has 1 rings (SSSR count). The maximum absolute atomic E-state index is 10.4. The number of aldehydes is 1. The van der Waals surface area contributed by atoms with E-state index < -0.39 is 7.05 Å². The van der Waals surface area contributed by atoms with E-state index in [0.29, 0.717) is 6.42 Å². The lowest BCUT2D eigenvalue weighted by Crippen LogP contribution is -2.50. The van der Waals surface area contributed by atoms with Crippen LogP contribution in [0.4, 0.5) is 0 Å². The number of thioether (sulfide) groups is 1. The molecule has 1 unspecified atom stereocenters. The van der Waals surface area contributed by atoms with Crippen LogP contribution >= 0.6 is 11.8 Å². The van der Waals surface area contributed by atoms with Crippen molar-refractivity contribution in [3.8, 4) is 0 Å². The normalized spacial score (nSPS) is 27.5. The molecule has 1 aliphatic rings. The maximum atomic E-state index is 10.4. The van der Waals surface area contributed by atoms with Crippen molar-refractivity contribution in [2.45, 2.75) is 38.0 Å². The third-order valence-electron chi connectivity index (χ3n) is 2.42. The Morgan fingerprint density at radius 2 is 2.38 bits per heavy atom. The monoisotopic (exact) mass is 201 g/mol. The average molecular weight is 201 g/mol. The molecule has 13 heavy (non-hydrogen) atoms. The summed E-state index contributed by atoms with van der Waals surface area (Å²) >= 11 is 1.79. The first-order chi connectivity index (χ1) is 5.99. The molecule has 1 fully saturated rings. The van der Waals surface area contributed by atoms with E-state index in [9.17, 15) is 9.82 Å². The minimum Gasteiger partial charge on any atom is -0.437 e. The van der Waals surface area contributed by atoms with Gasteiger partial charge in [-0.2, -0.15) is 0 Å². The Morgan fingerprint density at radius 1 is 1.77 bits per heavy atom. The largest absolute Gasteiger partial charge is 0.437 e. The fraction of sp³-hybridized carbons (Fsp3) is 0.875. The zero-order chi connectivity index (χ0) is 10.1. The van der Waals surface area contributed by atoms with Crippen molar-refractivity contribution < 1.29 is 9.82 Å². The Hall–Kier alpha value is 0.00494. The van der Waals surface area contributed by atoms with Gasteiger partial charge in [0.05, 0.1) is 4.87 Å². The molecule has 1 heterocycles. The van der Waals surface area contributed by atoms with Gasteiger partial charge in [0, 0.05) is 18.2 Å². The summed E-state index contributed by atoms with van der Waals surface area (Å²) in [7, 11) is -0.477. The number of hydrogen-bond donors (Lipinski definition) is 1. The number of carbonyl (C=O) groups excluding carboxylic acids is 1. The predicted molar refractivity (Wildman–Crippen MR) is 56.7 cm³/mol. The van der Waals surface area contributed by atoms with Crippen molar-refractivity contribution >= 4 is 25.1 Å². The molecule has 1 N–H and O–H groups in total. The second kappa shape index (κ2) is 4.03. The molecule has 0 aromatic carbocycles. The summed E-state index contributed by atoms with van der Waals surface area (Å²) in [6.07, 6.45) is 1.45. The zero-order valence-electron chi connectivity index (χ0n) is 8.36. The third-order valence-corrected chi connectivity index (χ3v) is 3.88. The highest BCUT2D eigenvalue weighted by atomic mass is 32.2. The van der Waals surface area contributed by atoms with Gasteiger partial charge in [-0.15, -0.1) is 11.8 Å². The molecule has 1 atom stereocenters. The Bertz CT molecular complexity index is 199. The van der Waals surface area contributed by atoms with Crippen molar-refractivity contribution in [3.05, 3.63) is 0 Å². The van der Waals surface area contributed by atoms with Crippen LogP contribution in [-0.4, -0.2) is 39.8 Å². The number of nitrogens with zero attached hydrogens (tertiary/aromatic N) is 1. The quantitative estimate of drug-likeness (QED) is 0.542. The Morgan fingerprint density at radius 3 is 2.85 bits per heavy atom. The molecule has 0 radical (unpaired) electrons. The van der Waals surface area contributed by atoms with Crippen LogP contribution in [0.3, 0.4) is 0 Å². The van der Waals surface area contributed by atoms with E-state index in [0.717, 1.165) is 12.0 Å². The molecule has 0 saturated carbocycles. The number of hydrogen-bond acceptors (Lipinski definition) is 4. The summed E-state index contributed by atoms with van der Waals surface area (Å²) in [5.41, 5.74) is 0. The summed E-state index contributed by atoms with van der Waals surface area (Å²) in [4.78, 5) is 12.4. The molecule has 0 aromatic rings. The van der Waals surface area contributed by atoms with Gasteiger partial charge in [0.1, 0.15) is 6.29 Å². The Balaban J connectivity index is 2.73. The van der Waals surface area contributed by atoms with Crippen molar-refractivity contribution in [3.63, 3.8) is 0 Å². The molecule has 0 aliphatic carbocycles. The van der Waals surface area contributed by atoms with Crippen molar-refractivity contribution in [2.75, 3.05) is 5.75 Å². The molecular weight excluding hydrogens is 185 g/mol. The van der Waals surface area contributed by atoms with Crippen molar-refractivity contribution in [1.29, 1.82) is 0 Å². The SMILES string of the molecule is CB(O)N1C(CC=O)CSC1(C)C. The van der Waals surface area contributed by atoms with E-state index in [4.69, 9.17) is 0 Å². The van der Waals surface area contributed by atoms with Crippen LogP contribution in [0.1, 0.15) is 20.3 Å². The highest BCUT2D eigenvalue weighted by Gasteiger charge is 2.43. The molecule has 5 heteroatoms. The van der Waals surface area contributed by atoms with E-state index in [1.165, 1.54) is 0 Å².